The van der Waals surface area contributed by atoms with E-state index in [1.165, 1.54) is 0 Å². The van der Waals surface area contributed by atoms with Gasteiger partial charge in [0.25, 0.3) is 17.8 Å². The molecule has 2 aromatic carbocycles. The van der Waals surface area contributed by atoms with E-state index in [1.807, 2.05) is 55.5 Å². The maximum Gasteiger partial charge on any atom is 0.300 e. The lowest BCUT2D eigenvalue weighted by atomic mass is 9.90. The number of hydrogen-bond donors (Lipinski definition) is 6. The summed E-state index contributed by atoms with van der Waals surface area (Å²) in [7, 11) is 0. The standard InChI is InChI=1S/C27H26N4O4.C2H4O2/c1-13-21(14-6-2-4-8-16(14)29-13)23-24(27(34)31-26(23)33)22-15-7-3-5-9-17(15)30-25(22)19-11-10-18(32)20(12-28)35-19;1-2(3)4/h2-9,18-20,29-30,32H,10-12,28H2,1H3,(H,31,33,34);1H3,(H,3,4)/t18-,19-,20+;/m0./s1. The highest BCUT2D eigenvalue weighted by molar-refractivity contribution is 6.51. The van der Waals surface area contributed by atoms with Gasteiger partial charge in [-0.25, -0.2) is 0 Å². The van der Waals surface area contributed by atoms with Crippen molar-refractivity contribution in [2.24, 2.45) is 5.73 Å². The molecule has 0 unspecified atom stereocenters. The lowest BCUT2D eigenvalue weighted by molar-refractivity contribution is -0.134. The van der Waals surface area contributed by atoms with Crippen LogP contribution in [0.2, 0.25) is 0 Å². The van der Waals surface area contributed by atoms with Gasteiger partial charge in [0.15, 0.2) is 0 Å². The molecular formula is C29H30N4O6. The van der Waals surface area contributed by atoms with Crippen molar-refractivity contribution >= 4 is 50.7 Å². The maximum absolute atomic E-state index is 13.4. The smallest absolute Gasteiger partial charge is 0.300 e. The number of ether oxygens (including phenoxy) is 1. The molecule has 0 aliphatic carbocycles. The van der Waals surface area contributed by atoms with Gasteiger partial charge in [-0.3, -0.25) is 19.7 Å². The number of hydrogen-bond acceptors (Lipinski definition) is 6. The Hall–Kier alpha value is -4.25. The zero-order chi connectivity index (χ0) is 27.8. The lowest BCUT2D eigenvalue weighted by Crippen LogP contribution is -2.41. The molecule has 2 amide bonds. The van der Waals surface area contributed by atoms with Crippen LogP contribution in [0.4, 0.5) is 0 Å². The number of aliphatic hydroxyl groups excluding tert-OH is 1. The van der Waals surface area contributed by atoms with Crippen LogP contribution in [0.5, 0.6) is 0 Å². The van der Waals surface area contributed by atoms with Crippen LogP contribution < -0.4 is 11.1 Å². The number of amides is 2. The summed E-state index contributed by atoms with van der Waals surface area (Å²) in [5, 5.41) is 21.9. The van der Waals surface area contributed by atoms with Crippen LogP contribution in [0.1, 0.15) is 48.4 Å². The van der Waals surface area contributed by atoms with E-state index in [0.717, 1.165) is 40.0 Å². The van der Waals surface area contributed by atoms with Crippen LogP contribution in [0.25, 0.3) is 33.0 Å². The summed E-state index contributed by atoms with van der Waals surface area (Å²) < 4.78 is 6.19. The molecule has 3 atom stereocenters. The quantitative estimate of drug-likeness (QED) is 0.220. The van der Waals surface area contributed by atoms with E-state index in [2.05, 4.69) is 15.3 Å². The molecule has 2 aromatic heterocycles. The average molecular weight is 531 g/mol. The number of aliphatic carboxylic acids is 1. The predicted octanol–water partition coefficient (Wildman–Crippen LogP) is 3.16. The van der Waals surface area contributed by atoms with Gasteiger partial charge in [0.05, 0.1) is 35.2 Å². The van der Waals surface area contributed by atoms with Gasteiger partial charge in [-0.05, 0) is 31.9 Å². The van der Waals surface area contributed by atoms with E-state index in [1.54, 1.807) is 0 Å². The van der Waals surface area contributed by atoms with Crippen LogP contribution in [-0.4, -0.2) is 56.7 Å². The van der Waals surface area contributed by atoms with Crippen molar-refractivity contribution in [3.8, 4) is 0 Å². The maximum atomic E-state index is 13.4. The largest absolute Gasteiger partial charge is 0.481 e. The molecular weight excluding hydrogens is 500 g/mol. The van der Waals surface area contributed by atoms with Gasteiger partial charge in [0.2, 0.25) is 0 Å². The number of para-hydroxylation sites is 2. The molecule has 0 radical (unpaired) electrons. The van der Waals surface area contributed by atoms with Crippen molar-refractivity contribution in [3.05, 3.63) is 71.0 Å². The highest BCUT2D eigenvalue weighted by Gasteiger charge is 2.39. The molecule has 0 spiro atoms. The Labute approximate surface area is 223 Å². The van der Waals surface area contributed by atoms with Crippen LogP contribution >= 0.6 is 0 Å². The number of carboxylic acid groups (broad SMARTS) is 1. The number of nitrogens with one attached hydrogen (secondary N) is 3. The van der Waals surface area contributed by atoms with Crippen molar-refractivity contribution in [1.82, 2.24) is 15.3 Å². The van der Waals surface area contributed by atoms with E-state index >= 15 is 0 Å². The first-order valence-corrected chi connectivity index (χ1v) is 12.7. The number of carbonyl (C=O) groups excluding carboxylic acids is 2. The number of H-pyrrole nitrogens is 2. The van der Waals surface area contributed by atoms with E-state index in [0.29, 0.717) is 35.2 Å². The highest BCUT2D eigenvalue weighted by Crippen LogP contribution is 2.44. The molecule has 4 aromatic rings. The predicted molar refractivity (Wildman–Crippen MR) is 147 cm³/mol. The Balaban J connectivity index is 0.000000723. The van der Waals surface area contributed by atoms with Gasteiger partial charge in [-0.2, -0.15) is 0 Å². The second kappa shape index (κ2) is 10.5. The number of aromatic nitrogens is 2. The summed E-state index contributed by atoms with van der Waals surface area (Å²) >= 11 is 0. The van der Waals surface area contributed by atoms with Crippen molar-refractivity contribution in [3.63, 3.8) is 0 Å². The lowest BCUT2D eigenvalue weighted by Gasteiger charge is -2.33. The zero-order valence-electron chi connectivity index (χ0n) is 21.6. The normalized spacial score (nSPS) is 21.3. The van der Waals surface area contributed by atoms with Crippen molar-refractivity contribution < 1.29 is 29.3 Å². The van der Waals surface area contributed by atoms with E-state index in [4.69, 9.17) is 20.4 Å². The minimum absolute atomic E-state index is 0.189. The first kappa shape index (κ1) is 26.4. The molecule has 2 aliphatic heterocycles. The Morgan fingerprint density at radius 1 is 0.949 bits per heavy atom. The van der Waals surface area contributed by atoms with Crippen LogP contribution in [0.15, 0.2) is 48.5 Å². The van der Waals surface area contributed by atoms with Gasteiger partial charge in [-0.1, -0.05) is 36.4 Å². The summed E-state index contributed by atoms with van der Waals surface area (Å²) in [6.45, 7) is 3.18. The fourth-order valence-corrected chi connectivity index (χ4v) is 5.51. The number of imide groups is 1. The number of nitrogens with two attached hydrogens (primary N) is 1. The molecule has 202 valence electrons. The summed E-state index contributed by atoms with van der Waals surface area (Å²) in [5.74, 6) is -1.69. The molecule has 39 heavy (non-hydrogen) atoms. The minimum Gasteiger partial charge on any atom is -0.481 e. The van der Waals surface area contributed by atoms with Gasteiger partial charge in [-0.15, -0.1) is 0 Å². The second-order valence-electron chi connectivity index (χ2n) is 9.73. The second-order valence-corrected chi connectivity index (χ2v) is 9.73. The molecule has 0 bridgehead atoms. The van der Waals surface area contributed by atoms with Gasteiger partial charge >= 0.3 is 0 Å². The third-order valence-corrected chi connectivity index (χ3v) is 7.11. The summed E-state index contributed by atoms with van der Waals surface area (Å²) in [6, 6.07) is 15.4. The number of aromatic amines is 2. The van der Waals surface area contributed by atoms with Crippen LogP contribution in [-0.2, 0) is 19.1 Å². The molecule has 2 aliphatic rings. The summed E-state index contributed by atoms with van der Waals surface area (Å²) in [4.78, 5) is 42.4. The zero-order valence-corrected chi connectivity index (χ0v) is 21.6. The molecule has 10 heteroatoms. The summed E-state index contributed by atoms with van der Waals surface area (Å²) in [6.07, 6.45) is -0.460. The Morgan fingerprint density at radius 2 is 1.49 bits per heavy atom. The molecule has 7 N–H and O–H groups in total. The SMILES string of the molecule is CC(=O)O.Cc1[nH]c2ccccc2c1C1=C(c2c([C@@H]3CC[C@H](O)[C@@H](CN)O3)[nH]c3ccccc23)C(=O)NC1=O. The van der Waals surface area contributed by atoms with E-state index in [-0.39, 0.29) is 6.54 Å². The third-order valence-electron chi connectivity index (χ3n) is 7.11. The topological polar surface area (TPSA) is 171 Å². The highest BCUT2D eigenvalue weighted by atomic mass is 16.5. The van der Waals surface area contributed by atoms with Gasteiger partial charge < -0.3 is 30.7 Å². The molecule has 1 fully saturated rings. The Bertz CT molecular complexity index is 1630. The number of rotatable bonds is 4. The fourth-order valence-electron chi connectivity index (χ4n) is 5.51. The molecule has 4 heterocycles. The Morgan fingerprint density at radius 3 is 2.10 bits per heavy atom. The van der Waals surface area contributed by atoms with Crippen LogP contribution in [0.3, 0.4) is 0 Å². The van der Waals surface area contributed by atoms with Crippen molar-refractivity contribution in [2.75, 3.05) is 6.54 Å². The number of fused-ring (bicyclic) bond motifs is 2. The molecule has 10 nitrogen and oxygen atoms in total. The monoisotopic (exact) mass is 530 g/mol. The number of aryl methyl sites for hydroxylation is 1. The molecule has 6 rings (SSSR count). The third kappa shape index (κ3) is 4.74. The van der Waals surface area contributed by atoms with Gasteiger partial charge in [0, 0.05) is 52.1 Å². The van der Waals surface area contributed by atoms with E-state index < -0.39 is 36.1 Å². The average Bonchev–Trinajstić information content (AvgIpc) is 3.53. The van der Waals surface area contributed by atoms with Crippen molar-refractivity contribution in [1.29, 1.82) is 0 Å². The fraction of sp³-hybridized carbons (Fsp3) is 0.276. The summed E-state index contributed by atoms with van der Waals surface area (Å²) in [5.41, 5.74) is 11.2. The first-order chi connectivity index (χ1) is 18.7. The van der Waals surface area contributed by atoms with Gasteiger partial charge in [0.1, 0.15) is 0 Å². The minimum atomic E-state index is -0.833. The number of aliphatic hydroxyl groups is 1. The first-order valence-electron chi connectivity index (χ1n) is 12.7. The molecule has 1 saturated heterocycles. The van der Waals surface area contributed by atoms with Crippen molar-refractivity contribution in [2.45, 2.75) is 45.0 Å². The molecule has 0 saturated carbocycles. The van der Waals surface area contributed by atoms with Crippen LogP contribution in [0, 0.1) is 6.92 Å². The number of carbonyl (C=O) groups is 3. The number of benzene rings is 2. The number of carboxylic acids is 1. The van der Waals surface area contributed by atoms with E-state index in [9.17, 15) is 14.7 Å². The Kier molecular flexibility index (Phi) is 7.09.